The molecule has 3 rings (SSSR count). The molecule has 1 aliphatic carbocycles. The smallest absolute Gasteiger partial charge is 0.322 e. The monoisotopic (exact) mass is 371 g/mol. The average Bonchev–Trinajstić information content (AvgIpc) is 2.67. The van der Waals surface area contributed by atoms with Crippen LogP contribution in [0.3, 0.4) is 0 Å². The van der Waals surface area contributed by atoms with Gasteiger partial charge in [0.25, 0.3) is 11.5 Å². The number of hydrogen-bond acceptors (Lipinski definition) is 5. The summed E-state index contributed by atoms with van der Waals surface area (Å²) in [6, 6.07) is 8.80. The Balaban J connectivity index is 2.14. The molecule has 1 aromatic heterocycles. The number of carboxylic acid groups (broad SMARTS) is 1. The zero-order valence-electron chi connectivity index (χ0n) is 14.7. The summed E-state index contributed by atoms with van der Waals surface area (Å²) in [6.45, 7) is -0.659. The molecule has 2 aromatic rings. The predicted molar refractivity (Wildman–Crippen MR) is 97.3 cm³/mol. The van der Waals surface area contributed by atoms with Crippen molar-refractivity contribution < 1.29 is 19.8 Å². The standard InChI is InChI=1S/C19H21N3O5/c23-14(24)11-20-17(25)15-18(26)21-16(12-7-3-1-4-8-12)22(19(15)27)13-9-5-2-6-10-13/h2,5-6,9-10,12,26H,1,3-4,7-8,11H2,(H,20,25)(H,23,24). The number of aliphatic carboxylic acids is 1. The number of carboxylic acids is 1. The lowest BCUT2D eigenvalue weighted by molar-refractivity contribution is -0.135. The third kappa shape index (κ3) is 3.99. The fraction of sp³-hybridized carbons (Fsp3) is 0.368. The van der Waals surface area contributed by atoms with Crippen molar-refractivity contribution in [2.24, 2.45) is 0 Å². The van der Waals surface area contributed by atoms with Gasteiger partial charge in [-0.2, -0.15) is 4.98 Å². The first kappa shape index (κ1) is 18.6. The summed E-state index contributed by atoms with van der Waals surface area (Å²) < 4.78 is 1.35. The molecule has 0 atom stereocenters. The fourth-order valence-corrected chi connectivity index (χ4v) is 3.43. The highest BCUT2D eigenvalue weighted by molar-refractivity contribution is 5.97. The van der Waals surface area contributed by atoms with Crippen molar-refractivity contribution in [1.29, 1.82) is 0 Å². The van der Waals surface area contributed by atoms with Crippen LogP contribution >= 0.6 is 0 Å². The van der Waals surface area contributed by atoms with Gasteiger partial charge in [-0.25, -0.2) is 0 Å². The molecule has 1 fully saturated rings. The lowest BCUT2D eigenvalue weighted by Crippen LogP contribution is -2.37. The summed E-state index contributed by atoms with van der Waals surface area (Å²) in [4.78, 5) is 40.2. The van der Waals surface area contributed by atoms with Crippen LogP contribution in [0.1, 0.15) is 54.2 Å². The maximum absolute atomic E-state index is 13.1. The van der Waals surface area contributed by atoms with Crippen LogP contribution in [0.25, 0.3) is 5.69 Å². The largest absolute Gasteiger partial charge is 0.493 e. The van der Waals surface area contributed by atoms with E-state index in [1.165, 1.54) is 4.57 Å². The molecule has 0 aliphatic heterocycles. The first-order valence-corrected chi connectivity index (χ1v) is 8.90. The van der Waals surface area contributed by atoms with Crippen LogP contribution in [0.5, 0.6) is 5.88 Å². The molecule has 1 heterocycles. The molecule has 8 heteroatoms. The number of para-hydroxylation sites is 1. The number of hydrogen-bond donors (Lipinski definition) is 3. The number of benzene rings is 1. The summed E-state index contributed by atoms with van der Waals surface area (Å²) >= 11 is 0. The summed E-state index contributed by atoms with van der Waals surface area (Å²) in [5.41, 5.74) is -0.723. The van der Waals surface area contributed by atoms with E-state index in [-0.39, 0.29) is 5.92 Å². The molecule has 1 aromatic carbocycles. The van der Waals surface area contributed by atoms with Gasteiger partial charge in [0.2, 0.25) is 5.88 Å². The minimum Gasteiger partial charge on any atom is -0.493 e. The number of nitrogens with zero attached hydrogens (tertiary/aromatic N) is 2. The van der Waals surface area contributed by atoms with Gasteiger partial charge in [-0.15, -0.1) is 0 Å². The van der Waals surface area contributed by atoms with E-state index in [0.29, 0.717) is 11.5 Å². The maximum Gasteiger partial charge on any atom is 0.322 e. The summed E-state index contributed by atoms with van der Waals surface area (Å²) in [5, 5.41) is 21.1. The van der Waals surface area contributed by atoms with Crippen molar-refractivity contribution in [3.63, 3.8) is 0 Å². The van der Waals surface area contributed by atoms with E-state index in [2.05, 4.69) is 10.3 Å². The van der Waals surface area contributed by atoms with E-state index in [9.17, 15) is 19.5 Å². The summed E-state index contributed by atoms with van der Waals surface area (Å²) in [5.74, 6) is -2.45. The fourth-order valence-electron chi connectivity index (χ4n) is 3.43. The normalized spacial score (nSPS) is 14.7. The number of aromatic hydroxyl groups is 1. The molecule has 1 saturated carbocycles. The number of rotatable bonds is 5. The molecule has 0 radical (unpaired) electrons. The van der Waals surface area contributed by atoms with E-state index in [1.54, 1.807) is 24.3 Å². The predicted octanol–water partition coefficient (Wildman–Crippen LogP) is 1.80. The molecule has 1 amide bonds. The Bertz CT molecular complexity index is 902. The van der Waals surface area contributed by atoms with Crippen LogP contribution in [0, 0.1) is 0 Å². The number of amides is 1. The second-order valence-corrected chi connectivity index (χ2v) is 6.56. The van der Waals surface area contributed by atoms with Crippen LogP contribution in [-0.2, 0) is 4.79 Å². The van der Waals surface area contributed by atoms with Gasteiger partial charge in [0.1, 0.15) is 12.4 Å². The maximum atomic E-state index is 13.1. The molecule has 3 N–H and O–H groups in total. The third-order valence-corrected chi connectivity index (χ3v) is 4.70. The average molecular weight is 371 g/mol. The molecular formula is C19H21N3O5. The number of aromatic nitrogens is 2. The second-order valence-electron chi connectivity index (χ2n) is 6.56. The third-order valence-electron chi connectivity index (χ3n) is 4.70. The molecule has 0 unspecified atom stereocenters. The Hall–Kier alpha value is -3.16. The van der Waals surface area contributed by atoms with Crippen molar-refractivity contribution in [3.8, 4) is 11.6 Å². The Kier molecular flexibility index (Phi) is 5.54. The Labute approximate surface area is 155 Å². The molecule has 0 bridgehead atoms. The van der Waals surface area contributed by atoms with E-state index >= 15 is 0 Å². The van der Waals surface area contributed by atoms with Crippen LogP contribution in [0.4, 0.5) is 0 Å². The van der Waals surface area contributed by atoms with E-state index in [1.807, 2.05) is 6.07 Å². The van der Waals surface area contributed by atoms with Crippen molar-refractivity contribution in [2.75, 3.05) is 6.54 Å². The van der Waals surface area contributed by atoms with Crippen molar-refractivity contribution in [3.05, 3.63) is 52.1 Å². The lowest BCUT2D eigenvalue weighted by atomic mass is 9.88. The van der Waals surface area contributed by atoms with Gasteiger partial charge >= 0.3 is 5.97 Å². The minimum atomic E-state index is -1.25. The molecule has 142 valence electrons. The number of carbonyl (C=O) groups excluding carboxylic acids is 1. The quantitative estimate of drug-likeness (QED) is 0.737. The first-order chi connectivity index (χ1) is 13.0. The molecule has 0 saturated heterocycles. The Morgan fingerprint density at radius 3 is 2.44 bits per heavy atom. The topological polar surface area (TPSA) is 122 Å². The number of carbonyl (C=O) groups is 2. The van der Waals surface area contributed by atoms with Gasteiger partial charge in [-0.3, -0.25) is 19.0 Å². The highest BCUT2D eigenvalue weighted by Crippen LogP contribution is 2.33. The SMILES string of the molecule is O=C(O)CNC(=O)c1c(O)nc(C2CCCCC2)n(-c2ccccc2)c1=O. The van der Waals surface area contributed by atoms with Gasteiger partial charge in [0.15, 0.2) is 5.56 Å². The zero-order chi connectivity index (χ0) is 19.4. The number of nitrogens with one attached hydrogen (secondary N) is 1. The summed E-state index contributed by atoms with van der Waals surface area (Å²) in [7, 11) is 0. The van der Waals surface area contributed by atoms with Crippen LogP contribution < -0.4 is 10.9 Å². The van der Waals surface area contributed by atoms with Gasteiger partial charge < -0.3 is 15.5 Å². The van der Waals surface area contributed by atoms with E-state index in [4.69, 9.17) is 5.11 Å². The van der Waals surface area contributed by atoms with Crippen molar-refractivity contribution in [1.82, 2.24) is 14.9 Å². The second kappa shape index (κ2) is 8.03. The Morgan fingerprint density at radius 2 is 1.81 bits per heavy atom. The minimum absolute atomic E-state index is 0.00804. The molecule has 27 heavy (non-hydrogen) atoms. The zero-order valence-corrected chi connectivity index (χ0v) is 14.7. The van der Waals surface area contributed by atoms with E-state index < -0.39 is 35.4 Å². The molecule has 8 nitrogen and oxygen atoms in total. The highest BCUT2D eigenvalue weighted by atomic mass is 16.4. The van der Waals surface area contributed by atoms with Crippen LogP contribution in [0.2, 0.25) is 0 Å². The van der Waals surface area contributed by atoms with Crippen LogP contribution in [-0.4, -0.2) is 38.2 Å². The lowest BCUT2D eigenvalue weighted by Gasteiger charge is -2.24. The van der Waals surface area contributed by atoms with Crippen molar-refractivity contribution in [2.45, 2.75) is 38.0 Å². The highest BCUT2D eigenvalue weighted by Gasteiger charge is 2.27. The molecule has 1 aliphatic rings. The van der Waals surface area contributed by atoms with Gasteiger partial charge in [-0.1, -0.05) is 37.5 Å². The van der Waals surface area contributed by atoms with Crippen LogP contribution in [0.15, 0.2) is 35.1 Å². The van der Waals surface area contributed by atoms with Gasteiger partial charge in [0, 0.05) is 5.92 Å². The van der Waals surface area contributed by atoms with Gasteiger partial charge in [-0.05, 0) is 25.0 Å². The molecular weight excluding hydrogens is 350 g/mol. The van der Waals surface area contributed by atoms with Crippen molar-refractivity contribution >= 4 is 11.9 Å². The first-order valence-electron chi connectivity index (χ1n) is 8.90. The summed E-state index contributed by atoms with van der Waals surface area (Å²) in [6.07, 6.45) is 4.84. The van der Waals surface area contributed by atoms with Gasteiger partial charge in [0.05, 0.1) is 5.69 Å². The van der Waals surface area contributed by atoms with E-state index in [0.717, 1.165) is 32.1 Å². The Morgan fingerprint density at radius 1 is 1.15 bits per heavy atom. The molecule has 0 spiro atoms.